The van der Waals surface area contributed by atoms with Crippen molar-refractivity contribution >= 4 is 65.0 Å². The van der Waals surface area contributed by atoms with Crippen LogP contribution in [-0.2, 0) is 18.9 Å². The van der Waals surface area contributed by atoms with Crippen LogP contribution >= 0.6 is 12.4 Å². The summed E-state index contributed by atoms with van der Waals surface area (Å²) in [6.45, 7) is 33.6. The van der Waals surface area contributed by atoms with Crippen molar-refractivity contribution in [1.82, 2.24) is 58.9 Å². The van der Waals surface area contributed by atoms with E-state index in [1.54, 1.807) is 156 Å². The van der Waals surface area contributed by atoms with Crippen molar-refractivity contribution in [3.63, 3.8) is 0 Å². The van der Waals surface area contributed by atoms with E-state index in [0.29, 0.717) is 116 Å². The van der Waals surface area contributed by atoms with E-state index in [2.05, 4.69) is 53.6 Å². The lowest BCUT2D eigenvalue weighted by Crippen LogP contribution is -2.45. The first-order valence-electron chi connectivity index (χ1n) is 39.9. The first-order valence-corrected chi connectivity index (χ1v) is 39.9. The van der Waals surface area contributed by atoms with Gasteiger partial charge in [-0.3, -0.25) is 0 Å². The number of pyridine rings is 6. The van der Waals surface area contributed by atoms with Gasteiger partial charge < -0.3 is 69.3 Å². The number of anilines is 2. The molecule has 4 amide bonds. The third-order valence-electron chi connectivity index (χ3n) is 20.9. The minimum absolute atomic E-state index is 0. The summed E-state index contributed by atoms with van der Waals surface area (Å²) in [4.78, 5) is 70.4. The summed E-state index contributed by atoms with van der Waals surface area (Å²) < 4.78 is 56.5. The van der Waals surface area contributed by atoms with Gasteiger partial charge in [-0.05, 0) is 231 Å². The molecule has 3 saturated heterocycles. The number of hydrogen-bond donors (Lipinski definition) is 5. The molecule has 638 valence electrons. The maximum atomic E-state index is 13.1. The van der Waals surface area contributed by atoms with Gasteiger partial charge in [0.25, 0.3) is 0 Å². The van der Waals surface area contributed by atoms with Crippen LogP contribution in [0.3, 0.4) is 0 Å². The molecule has 0 radical (unpaired) electrons. The van der Waals surface area contributed by atoms with Gasteiger partial charge in [0.05, 0.1) is 88.7 Å². The molecule has 3 aliphatic heterocycles. The van der Waals surface area contributed by atoms with Gasteiger partial charge in [-0.15, -0.1) is 12.4 Å². The number of carbonyl (C=O) groups excluding carboxylic acids is 4. The Labute approximate surface area is 702 Å². The zero-order valence-electron chi connectivity index (χ0n) is 70.2. The fraction of sp³-hybridized carbons (Fsp3) is 0.500. The number of fused-ring (bicyclic) bond motifs is 6. The molecule has 9 aromatic heterocycles. The molecular weight excluding hydrogens is 1560 g/mol. The maximum Gasteiger partial charge on any atom is 0.419 e. The van der Waals surface area contributed by atoms with E-state index in [-0.39, 0.29) is 44.7 Å². The summed E-state index contributed by atoms with van der Waals surface area (Å²) in [7, 11) is 0. The lowest BCUT2D eigenvalue weighted by atomic mass is 10.1. The molecule has 15 rings (SSSR count). The Bertz CT molecular complexity index is 5200. The number of carbonyl (C=O) groups is 4. The molecule has 120 heavy (non-hydrogen) atoms. The summed E-state index contributed by atoms with van der Waals surface area (Å²) in [5, 5.41) is 73.0. The summed E-state index contributed by atoms with van der Waals surface area (Å²) in [5.41, 5.74) is 10.9. The van der Waals surface area contributed by atoms with Crippen molar-refractivity contribution in [3.8, 4) is 68.8 Å². The van der Waals surface area contributed by atoms with Crippen LogP contribution in [0, 0.1) is 93.2 Å². The summed E-state index contributed by atoms with van der Waals surface area (Å²) in [5.74, 6) is 7.16. The standard InChI is InChI=1S/C32H40N6O6.C22H24N6O2.C16H13FN4O2.C16H28N2O4.ClH/c1-19(39)18-42-22-10-23(28-21(11-33)13-35-38(28)14-22)20-8-9-27(34-12-20)36-15-24-25(16-36)26(24)17-37(29(40)43-31(2,3)4)30(41)44-32(5,6)7;1-13(29)12-30-16-4-17(22-15(5-23)8-26-28(22)9-16)14-2-3-21(25-7-14)27-10-19-18(6-24)20(19)11-27;1-10(22)9-23-13-4-14(11-2-3-15(17)19-6-11)16-12(5-18)7-20-21(16)8-13;1-15(2,3)21-13(19)18(14(20)22-16(4,5)6)9-12-10-7-17-8-11(10)12;/h8-10,12-14,19,24-26,39H,15-18H2,1-7H3;2-4,7-9,13,18-20,29H,6,10-12,24H2,1H3;2-4,6-8,10,22H,9H2,1H3;10-12,17H,7-9H2,1-6H3;1H/t19?,24-,25+,26?;13?,18?,19-,20+;;10-,11+,12?;. The summed E-state index contributed by atoms with van der Waals surface area (Å²) >= 11 is 0. The minimum atomic E-state index is -0.738. The molecule has 6 unspecified atom stereocenters. The highest BCUT2D eigenvalue weighted by atomic mass is 35.5. The Morgan fingerprint density at radius 1 is 0.483 bits per heavy atom. The highest BCUT2D eigenvalue weighted by molar-refractivity contribution is 5.90. The van der Waals surface area contributed by atoms with Gasteiger partial charge >= 0.3 is 24.4 Å². The lowest BCUT2D eigenvalue weighted by Gasteiger charge is -2.29. The third kappa shape index (κ3) is 21.9. The van der Waals surface area contributed by atoms with Crippen molar-refractivity contribution in [2.45, 2.75) is 145 Å². The Kier molecular flexibility index (Phi) is 27.2. The van der Waals surface area contributed by atoms with Gasteiger partial charge in [-0.2, -0.15) is 35.5 Å². The summed E-state index contributed by atoms with van der Waals surface area (Å²) in [6.07, 6.45) is 10.1. The van der Waals surface area contributed by atoms with Crippen LogP contribution in [0.2, 0.25) is 0 Å². The van der Waals surface area contributed by atoms with E-state index in [9.17, 15) is 54.7 Å². The second kappa shape index (κ2) is 36.6. The van der Waals surface area contributed by atoms with Gasteiger partial charge in [0.2, 0.25) is 5.95 Å². The number of nitrogens with two attached hydrogens (primary N) is 1. The lowest BCUT2D eigenvalue weighted by molar-refractivity contribution is -0.00206. The Morgan fingerprint density at radius 2 is 0.783 bits per heavy atom. The molecule has 0 aromatic carbocycles. The molecule has 6 aliphatic rings. The highest BCUT2D eigenvalue weighted by Gasteiger charge is 2.58. The molecule has 6 fully saturated rings. The van der Waals surface area contributed by atoms with Crippen LogP contribution in [0.5, 0.6) is 17.2 Å². The van der Waals surface area contributed by atoms with E-state index in [4.69, 9.17) is 48.9 Å². The number of piperidine rings is 3. The largest absolute Gasteiger partial charge is 0.489 e. The molecule has 34 heteroatoms. The zero-order chi connectivity index (χ0) is 85.9. The molecule has 32 nitrogen and oxygen atoms in total. The maximum absolute atomic E-state index is 13.1. The van der Waals surface area contributed by atoms with Gasteiger partial charge in [-0.1, -0.05) is 0 Å². The molecule has 12 heterocycles. The Balaban J connectivity index is 0.000000163. The number of aliphatic hydroxyl groups is 3. The number of nitrogens with one attached hydrogen (secondary N) is 1. The second-order valence-corrected chi connectivity index (χ2v) is 35.1. The number of nitriles is 3. The SMILES string of the molecule is CC(C)(C)OC(=O)N(CC1[C@H]2CNC[C@@H]12)C(=O)OC(C)(C)C.CC(O)COc1cc(-c2ccc(F)nc2)c2c(C#N)cnn2c1.CC(O)COc1cc(-c2ccc(N3C[C@@H]4C(CN(C(=O)OC(C)(C)C)C(=O)OC(C)(C)C)[C@@H]4C3)nc2)c2c(C#N)cnn2c1.CC(O)COc1cc(-c2ccc(N3C[C@@H]4C(CN)[C@@H]4C3)nc2)c2c(C#N)cnn2c1.Cl. The molecule has 3 saturated carbocycles. The van der Waals surface area contributed by atoms with Gasteiger partial charge in [0, 0.05) is 91.2 Å². The summed E-state index contributed by atoms with van der Waals surface area (Å²) in [6, 6.07) is 22.7. The number of rotatable bonds is 19. The Morgan fingerprint density at radius 3 is 1.05 bits per heavy atom. The first kappa shape index (κ1) is 89.3. The number of amides is 4. The minimum Gasteiger partial charge on any atom is -0.489 e. The molecule has 0 spiro atoms. The smallest absolute Gasteiger partial charge is 0.419 e. The number of imide groups is 2. The van der Waals surface area contributed by atoms with Crippen LogP contribution in [0.15, 0.2) is 110 Å². The van der Waals surface area contributed by atoms with Gasteiger partial charge in [0.1, 0.15) is 89.3 Å². The Hall–Kier alpha value is -11.5. The number of aliphatic hydroxyl groups excluding tert-OH is 3. The molecular formula is C86H106ClFN18O14. The number of halogens is 2. The van der Waals surface area contributed by atoms with Crippen molar-refractivity contribution in [3.05, 3.63) is 133 Å². The second-order valence-electron chi connectivity index (χ2n) is 35.1. The van der Waals surface area contributed by atoms with Crippen LogP contribution in [0.1, 0.15) is 121 Å². The zero-order valence-corrected chi connectivity index (χ0v) is 71.0. The fourth-order valence-corrected chi connectivity index (χ4v) is 15.3. The van der Waals surface area contributed by atoms with Crippen LogP contribution in [-0.4, -0.2) is 213 Å². The highest BCUT2D eigenvalue weighted by Crippen LogP contribution is 2.54. The van der Waals surface area contributed by atoms with Gasteiger partial charge in [0.15, 0.2) is 0 Å². The van der Waals surface area contributed by atoms with Crippen LogP contribution in [0.4, 0.5) is 35.2 Å². The molecule has 9 aromatic rings. The van der Waals surface area contributed by atoms with Crippen molar-refractivity contribution in [1.29, 1.82) is 15.8 Å². The normalized spacial score (nSPS) is 20.5. The van der Waals surface area contributed by atoms with E-state index in [0.717, 1.165) is 89.5 Å². The van der Waals surface area contributed by atoms with Crippen molar-refractivity contribution < 1.29 is 72.0 Å². The number of hydrogen-bond acceptors (Lipinski definition) is 27. The third-order valence-corrected chi connectivity index (χ3v) is 20.9. The van der Waals surface area contributed by atoms with Crippen molar-refractivity contribution in [2.24, 2.45) is 59.0 Å². The fourth-order valence-electron chi connectivity index (χ4n) is 15.3. The average Bonchev–Trinajstić information content (AvgIpc) is 1.58. The monoisotopic (exact) mass is 1670 g/mol. The molecule has 6 N–H and O–H groups in total. The average molecular weight is 1670 g/mol. The molecule has 12 atom stereocenters. The number of nitrogens with zero attached hydrogens (tertiary/aromatic N) is 16. The van der Waals surface area contributed by atoms with Crippen molar-refractivity contribution in [2.75, 3.05) is 88.5 Å². The molecule has 0 bridgehead atoms. The van der Waals surface area contributed by atoms with Crippen LogP contribution < -0.4 is 35.1 Å². The van der Waals surface area contributed by atoms with E-state index >= 15 is 0 Å². The predicted octanol–water partition coefficient (Wildman–Crippen LogP) is 11.8. The van der Waals surface area contributed by atoms with E-state index in [1.807, 2.05) is 42.6 Å². The van der Waals surface area contributed by atoms with E-state index in [1.165, 1.54) is 29.2 Å². The van der Waals surface area contributed by atoms with E-state index < -0.39 is 71.0 Å². The van der Waals surface area contributed by atoms with Gasteiger partial charge in [-0.25, -0.2) is 57.5 Å². The predicted molar refractivity (Wildman–Crippen MR) is 444 cm³/mol. The quantitative estimate of drug-likeness (QED) is 0.0371. The topological polar surface area (TPSA) is 407 Å². The number of aromatic nitrogens is 9. The molecule has 3 aliphatic carbocycles. The number of ether oxygens (including phenoxy) is 7. The van der Waals surface area contributed by atoms with Crippen LogP contribution in [0.25, 0.3) is 49.9 Å². The first-order chi connectivity index (χ1) is 56.3.